The van der Waals surface area contributed by atoms with Crippen molar-refractivity contribution in [3.63, 3.8) is 0 Å². The third-order valence-corrected chi connectivity index (χ3v) is 9.00. The lowest BCUT2D eigenvalue weighted by Crippen LogP contribution is -2.32. The Labute approximate surface area is 294 Å². The predicted octanol–water partition coefficient (Wildman–Crippen LogP) is 10.4. The van der Waals surface area contributed by atoms with Gasteiger partial charge in [0.2, 0.25) is 0 Å². The zero-order valence-electron chi connectivity index (χ0n) is 31.1. The molecule has 0 amide bonds. The number of hydrogen-bond donors (Lipinski definition) is 0. The minimum absolute atomic E-state index is 0.158. The van der Waals surface area contributed by atoms with Crippen LogP contribution in [0.1, 0.15) is 142 Å². The molecular formula is C42H68N2O4. The first-order chi connectivity index (χ1) is 23.5. The molecule has 0 saturated heterocycles. The second kappa shape index (κ2) is 27.2. The van der Waals surface area contributed by atoms with Crippen LogP contribution in [0.25, 0.3) is 11.1 Å². The Morgan fingerprint density at radius 3 is 1.19 bits per heavy atom. The van der Waals surface area contributed by atoms with Gasteiger partial charge in [0, 0.05) is 0 Å². The summed E-state index contributed by atoms with van der Waals surface area (Å²) >= 11 is 0. The third kappa shape index (κ3) is 19.3. The summed E-state index contributed by atoms with van der Waals surface area (Å²) in [6.45, 7) is 13.9. The van der Waals surface area contributed by atoms with E-state index in [1.165, 1.54) is 77.0 Å². The van der Waals surface area contributed by atoms with Gasteiger partial charge in [-0.25, -0.2) is 0 Å². The van der Waals surface area contributed by atoms with Gasteiger partial charge in [-0.15, -0.1) is 0 Å². The molecule has 0 spiro atoms. The van der Waals surface area contributed by atoms with Gasteiger partial charge < -0.3 is 9.47 Å². The number of benzene rings is 2. The summed E-state index contributed by atoms with van der Waals surface area (Å²) in [7, 11) is 0. The summed E-state index contributed by atoms with van der Waals surface area (Å²) in [6, 6.07) is 16.3. The summed E-state index contributed by atoms with van der Waals surface area (Å²) in [5.41, 5.74) is 4.03. The predicted molar refractivity (Wildman–Crippen MR) is 201 cm³/mol. The van der Waals surface area contributed by atoms with Crippen molar-refractivity contribution < 1.29 is 19.1 Å². The van der Waals surface area contributed by atoms with Crippen molar-refractivity contribution >= 4 is 11.9 Å². The molecule has 0 N–H and O–H groups in total. The average molecular weight is 665 g/mol. The molecule has 0 saturated carbocycles. The van der Waals surface area contributed by atoms with Crippen LogP contribution in [0.5, 0.6) is 0 Å². The number of carbonyl (C=O) groups excluding carboxylic acids is 2. The molecule has 0 unspecified atom stereocenters. The maximum atomic E-state index is 12.8. The average Bonchev–Trinajstić information content (AvgIpc) is 3.10. The SMILES string of the molecule is CCCCCCCN(CCCCC)CC(=O)OCc1cccc(-c2cccc(COC(=O)CN(CCCCC)CCCCCCC)c2)c1. The Kier molecular flexibility index (Phi) is 23.5. The number of hydrogen-bond acceptors (Lipinski definition) is 6. The lowest BCUT2D eigenvalue weighted by molar-refractivity contribution is -0.147. The lowest BCUT2D eigenvalue weighted by atomic mass is 10.0. The molecule has 0 aliphatic rings. The molecule has 2 aromatic carbocycles. The molecule has 270 valence electrons. The van der Waals surface area contributed by atoms with Gasteiger partial charge in [0.05, 0.1) is 13.1 Å². The molecule has 0 aromatic heterocycles. The second-order valence-corrected chi connectivity index (χ2v) is 13.5. The fraction of sp³-hybridized carbons (Fsp3) is 0.667. The molecule has 2 rings (SSSR count). The van der Waals surface area contributed by atoms with E-state index < -0.39 is 0 Å². The molecule has 48 heavy (non-hydrogen) atoms. The molecule has 6 nitrogen and oxygen atoms in total. The highest BCUT2D eigenvalue weighted by molar-refractivity contribution is 5.72. The molecule has 0 fully saturated rings. The van der Waals surface area contributed by atoms with Gasteiger partial charge in [0.25, 0.3) is 0 Å². The van der Waals surface area contributed by atoms with Gasteiger partial charge in [0.1, 0.15) is 13.2 Å². The Morgan fingerprint density at radius 1 is 0.479 bits per heavy atom. The molecule has 0 radical (unpaired) electrons. The van der Waals surface area contributed by atoms with E-state index in [4.69, 9.17) is 9.47 Å². The molecular weight excluding hydrogens is 596 g/mol. The maximum absolute atomic E-state index is 12.8. The molecule has 2 aromatic rings. The Hall–Kier alpha value is -2.70. The number of esters is 2. The fourth-order valence-corrected chi connectivity index (χ4v) is 6.05. The van der Waals surface area contributed by atoms with Crippen molar-refractivity contribution in [3.8, 4) is 11.1 Å². The van der Waals surface area contributed by atoms with Crippen molar-refractivity contribution in [2.45, 2.75) is 144 Å². The standard InChI is InChI=1S/C42H68N2O4/c1-5-9-13-15-19-29-43(27-17-11-7-3)33-41(45)47-35-37-23-21-25-39(31-37)40-26-22-24-38(32-40)36-48-42(46)34-44(28-18-12-8-4)30-20-16-14-10-6-2/h21-26,31-32H,5-20,27-30,33-36H2,1-4H3. The number of unbranched alkanes of at least 4 members (excludes halogenated alkanes) is 12. The molecule has 0 bridgehead atoms. The fourth-order valence-electron chi connectivity index (χ4n) is 6.05. The summed E-state index contributed by atoms with van der Waals surface area (Å²) in [5.74, 6) is -0.315. The van der Waals surface area contributed by atoms with Crippen LogP contribution in [0.4, 0.5) is 0 Å². The number of carbonyl (C=O) groups is 2. The van der Waals surface area contributed by atoms with E-state index in [9.17, 15) is 9.59 Å². The highest BCUT2D eigenvalue weighted by Crippen LogP contribution is 2.23. The van der Waals surface area contributed by atoms with Crippen molar-refractivity contribution in [1.29, 1.82) is 0 Å². The maximum Gasteiger partial charge on any atom is 0.320 e. The van der Waals surface area contributed by atoms with E-state index >= 15 is 0 Å². The quantitative estimate of drug-likeness (QED) is 0.0637. The molecule has 6 heteroatoms. The van der Waals surface area contributed by atoms with Crippen LogP contribution >= 0.6 is 0 Å². The summed E-state index contributed by atoms with van der Waals surface area (Å²) in [5, 5.41) is 0. The normalized spacial score (nSPS) is 11.4. The van der Waals surface area contributed by atoms with E-state index in [0.717, 1.165) is 74.1 Å². The summed E-state index contributed by atoms with van der Waals surface area (Å²) in [4.78, 5) is 30.2. The third-order valence-electron chi connectivity index (χ3n) is 9.00. The molecule has 0 heterocycles. The van der Waals surface area contributed by atoms with Crippen molar-refractivity contribution in [3.05, 3.63) is 59.7 Å². The number of rotatable bonds is 29. The van der Waals surface area contributed by atoms with Crippen LogP contribution in [-0.4, -0.2) is 61.0 Å². The van der Waals surface area contributed by atoms with E-state index in [1.54, 1.807) is 0 Å². The zero-order chi connectivity index (χ0) is 34.7. The second-order valence-electron chi connectivity index (χ2n) is 13.5. The topological polar surface area (TPSA) is 59.1 Å². The van der Waals surface area contributed by atoms with Crippen LogP contribution in [0, 0.1) is 0 Å². The zero-order valence-corrected chi connectivity index (χ0v) is 31.1. The number of ether oxygens (including phenoxy) is 2. The van der Waals surface area contributed by atoms with Gasteiger partial charge in [-0.3, -0.25) is 19.4 Å². The monoisotopic (exact) mass is 665 g/mol. The highest BCUT2D eigenvalue weighted by Gasteiger charge is 2.14. The number of nitrogens with zero attached hydrogens (tertiary/aromatic N) is 2. The lowest BCUT2D eigenvalue weighted by Gasteiger charge is -2.21. The van der Waals surface area contributed by atoms with E-state index in [2.05, 4.69) is 61.8 Å². The summed E-state index contributed by atoms with van der Waals surface area (Å²) in [6.07, 6.45) is 19.3. The highest BCUT2D eigenvalue weighted by atomic mass is 16.5. The molecule has 0 aliphatic heterocycles. The Morgan fingerprint density at radius 2 is 0.812 bits per heavy atom. The summed E-state index contributed by atoms with van der Waals surface area (Å²) < 4.78 is 11.5. The first-order valence-corrected chi connectivity index (χ1v) is 19.4. The van der Waals surface area contributed by atoms with Crippen molar-refractivity contribution in [2.75, 3.05) is 39.3 Å². The van der Waals surface area contributed by atoms with Gasteiger partial charge in [-0.2, -0.15) is 0 Å². The first kappa shape index (κ1) is 41.5. The largest absolute Gasteiger partial charge is 0.460 e. The van der Waals surface area contributed by atoms with Crippen LogP contribution in [0.2, 0.25) is 0 Å². The van der Waals surface area contributed by atoms with Gasteiger partial charge >= 0.3 is 11.9 Å². The smallest absolute Gasteiger partial charge is 0.320 e. The van der Waals surface area contributed by atoms with Gasteiger partial charge in [-0.05, 0) is 86.2 Å². The van der Waals surface area contributed by atoms with Crippen molar-refractivity contribution in [1.82, 2.24) is 9.80 Å². The molecule has 0 aliphatic carbocycles. The minimum atomic E-state index is -0.158. The van der Waals surface area contributed by atoms with E-state index in [0.29, 0.717) is 13.1 Å². The van der Waals surface area contributed by atoms with Crippen LogP contribution in [0.15, 0.2) is 48.5 Å². The van der Waals surface area contributed by atoms with E-state index in [1.807, 2.05) is 24.3 Å². The van der Waals surface area contributed by atoms with Gasteiger partial charge in [0.15, 0.2) is 0 Å². The minimum Gasteiger partial charge on any atom is -0.460 e. The Bertz CT molecular complexity index is 1030. The molecule has 0 atom stereocenters. The van der Waals surface area contributed by atoms with Crippen molar-refractivity contribution in [2.24, 2.45) is 0 Å². The van der Waals surface area contributed by atoms with Gasteiger partial charge in [-0.1, -0.05) is 141 Å². The van der Waals surface area contributed by atoms with Crippen LogP contribution in [0.3, 0.4) is 0 Å². The van der Waals surface area contributed by atoms with Crippen LogP contribution < -0.4 is 0 Å². The van der Waals surface area contributed by atoms with Crippen LogP contribution in [-0.2, 0) is 32.3 Å². The Balaban J connectivity index is 1.89. The van der Waals surface area contributed by atoms with E-state index in [-0.39, 0.29) is 25.2 Å². The first-order valence-electron chi connectivity index (χ1n) is 19.4.